The first-order valence-electron chi connectivity index (χ1n) is 9.29. The number of anilines is 1. The zero-order valence-electron chi connectivity index (χ0n) is 15.9. The van der Waals surface area contributed by atoms with Gasteiger partial charge in [-0.2, -0.15) is 5.10 Å². The van der Waals surface area contributed by atoms with E-state index >= 15 is 0 Å². The molecule has 0 aliphatic rings. The van der Waals surface area contributed by atoms with E-state index in [0.29, 0.717) is 27.2 Å². The van der Waals surface area contributed by atoms with Crippen molar-refractivity contribution in [2.75, 3.05) is 5.32 Å². The highest BCUT2D eigenvalue weighted by molar-refractivity contribution is 6.30. The fourth-order valence-corrected chi connectivity index (χ4v) is 3.28. The lowest BCUT2D eigenvalue weighted by atomic mass is 10.1. The molecule has 0 saturated carbocycles. The van der Waals surface area contributed by atoms with Gasteiger partial charge in [0.1, 0.15) is 0 Å². The number of halogens is 1. The van der Waals surface area contributed by atoms with Crippen LogP contribution in [0.5, 0.6) is 0 Å². The second-order valence-corrected chi connectivity index (χ2v) is 7.03. The second kappa shape index (κ2) is 8.75. The van der Waals surface area contributed by atoms with Crippen LogP contribution in [0.4, 0.5) is 10.5 Å². The lowest BCUT2D eigenvalue weighted by Crippen LogP contribution is -2.31. The number of fused-ring (bicyclic) bond motifs is 1. The van der Waals surface area contributed by atoms with E-state index < -0.39 is 6.03 Å². The molecule has 2 aromatic carbocycles. The standard InChI is InChI=1S/C22H18ClN5O2/c23-15-6-5-8-16(12-15)26-22(30)25-13-20-18-9-1-2-10-19(18)21(29)28(27-20)14-17-7-3-4-11-24-17/h1-12H,13-14H2,(H2,25,26,30). The van der Waals surface area contributed by atoms with Gasteiger partial charge in [0.2, 0.25) is 0 Å². The van der Waals surface area contributed by atoms with Crippen LogP contribution in [0.25, 0.3) is 10.8 Å². The van der Waals surface area contributed by atoms with Gasteiger partial charge in [-0.3, -0.25) is 9.78 Å². The summed E-state index contributed by atoms with van der Waals surface area (Å²) in [4.78, 5) is 29.4. The highest BCUT2D eigenvalue weighted by atomic mass is 35.5. The molecule has 0 unspecified atom stereocenters. The smallest absolute Gasteiger partial charge is 0.319 e. The van der Waals surface area contributed by atoms with Crippen LogP contribution in [0.1, 0.15) is 11.4 Å². The van der Waals surface area contributed by atoms with E-state index in [-0.39, 0.29) is 18.6 Å². The van der Waals surface area contributed by atoms with Crippen molar-refractivity contribution < 1.29 is 4.79 Å². The van der Waals surface area contributed by atoms with Gasteiger partial charge in [-0.25, -0.2) is 9.48 Å². The Morgan fingerprint density at radius 2 is 1.80 bits per heavy atom. The van der Waals surface area contributed by atoms with Crippen LogP contribution in [0, 0.1) is 0 Å². The minimum absolute atomic E-state index is 0.148. The van der Waals surface area contributed by atoms with Gasteiger partial charge in [0, 0.05) is 22.3 Å². The molecule has 4 aromatic rings. The molecule has 4 rings (SSSR count). The molecule has 2 N–H and O–H groups in total. The minimum atomic E-state index is -0.398. The highest BCUT2D eigenvalue weighted by Crippen LogP contribution is 2.16. The lowest BCUT2D eigenvalue weighted by molar-refractivity contribution is 0.251. The average molecular weight is 420 g/mol. The molecule has 2 amide bonds. The quantitative estimate of drug-likeness (QED) is 0.514. The third-order valence-corrected chi connectivity index (χ3v) is 4.72. The van der Waals surface area contributed by atoms with Crippen molar-refractivity contribution in [3.05, 3.63) is 99.7 Å². The van der Waals surface area contributed by atoms with E-state index in [1.54, 1.807) is 42.6 Å². The molecule has 30 heavy (non-hydrogen) atoms. The molecule has 2 aromatic heterocycles. The fraction of sp³-hybridized carbons (Fsp3) is 0.0909. The molecule has 0 atom stereocenters. The number of rotatable bonds is 5. The van der Waals surface area contributed by atoms with Crippen LogP contribution in [0.15, 0.2) is 77.7 Å². The van der Waals surface area contributed by atoms with Crippen LogP contribution in [-0.2, 0) is 13.1 Å². The fourth-order valence-electron chi connectivity index (χ4n) is 3.09. The summed E-state index contributed by atoms with van der Waals surface area (Å²) in [6, 6.07) is 19.2. The van der Waals surface area contributed by atoms with Gasteiger partial charge in [0.05, 0.1) is 29.9 Å². The second-order valence-electron chi connectivity index (χ2n) is 6.59. The number of nitrogens with one attached hydrogen (secondary N) is 2. The van der Waals surface area contributed by atoms with Crippen molar-refractivity contribution in [1.82, 2.24) is 20.1 Å². The first-order chi connectivity index (χ1) is 14.6. The van der Waals surface area contributed by atoms with Gasteiger partial charge in [0.25, 0.3) is 5.56 Å². The zero-order valence-corrected chi connectivity index (χ0v) is 16.6. The van der Waals surface area contributed by atoms with Crippen LogP contribution in [0.3, 0.4) is 0 Å². The molecule has 0 saturated heterocycles. The minimum Gasteiger partial charge on any atom is -0.332 e. The highest BCUT2D eigenvalue weighted by Gasteiger charge is 2.12. The van der Waals surface area contributed by atoms with Gasteiger partial charge in [0.15, 0.2) is 0 Å². The largest absolute Gasteiger partial charge is 0.332 e. The summed E-state index contributed by atoms with van der Waals surface area (Å²) >= 11 is 5.95. The third-order valence-electron chi connectivity index (χ3n) is 4.48. The van der Waals surface area contributed by atoms with Gasteiger partial charge in [-0.15, -0.1) is 0 Å². The Bertz CT molecular complexity index is 1260. The summed E-state index contributed by atoms with van der Waals surface area (Å²) in [6.45, 7) is 0.391. The average Bonchev–Trinajstić information content (AvgIpc) is 2.75. The van der Waals surface area contributed by atoms with Crippen molar-refractivity contribution in [3.63, 3.8) is 0 Å². The van der Waals surface area contributed by atoms with Crippen LogP contribution in [-0.4, -0.2) is 20.8 Å². The Hall–Kier alpha value is -3.71. The maximum absolute atomic E-state index is 12.9. The van der Waals surface area contributed by atoms with Crippen LogP contribution in [0.2, 0.25) is 5.02 Å². The Labute approximate surface area is 177 Å². The normalized spacial score (nSPS) is 10.7. The molecule has 150 valence electrons. The summed E-state index contributed by atoms with van der Waals surface area (Å²) in [6.07, 6.45) is 1.67. The van der Waals surface area contributed by atoms with Crippen molar-refractivity contribution >= 4 is 34.1 Å². The molecule has 0 aliphatic carbocycles. The molecule has 0 bridgehead atoms. The molecular weight excluding hydrogens is 402 g/mol. The van der Waals surface area contributed by atoms with Crippen molar-refractivity contribution in [2.45, 2.75) is 13.1 Å². The number of urea groups is 1. The number of benzene rings is 2. The number of aromatic nitrogens is 3. The Kier molecular flexibility index (Phi) is 5.72. The number of hydrogen-bond acceptors (Lipinski definition) is 4. The molecule has 0 spiro atoms. The topological polar surface area (TPSA) is 88.9 Å². The number of hydrogen-bond donors (Lipinski definition) is 2. The molecule has 2 heterocycles. The van der Waals surface area contributed by atoms with E-state index in [2.05, 4.69) is 20.7 Å². The first-order valence-corrected chi connectivity index (χ1v) is 9.67. The van der Waals surface area contributed by atoms with Gasteiger partial charge >= 0.3 is 6.03 Å². The van der Waals surface area contributed by atoms with E-state index in [0.717, 1.165) is 5.69 Å². The van der Waals surface area contributed by atoms with E-state index in [9.17, 15) is 9.59 Å². The number of amides is 2. The molecular formula is C22H18ClN5O2. The molecule has 7 nitrogen and oxygen atoms in total. The number of nitrogens with zero attached hydrogens (tertiary/aromatic N) is 3. The lowest BCUT2D eigenvalue weighted by Gasteiger charge is -2.12. The third kappa shape index (κ3) is 4.47. The van der Waals surface area contributed by atoms with Crippen molar-refractivity contribution in [2.24, 2.45) is 0 Å². The van der Waals surface area contributed by atoms with Crippen molar-refractivity contribution in [3.8, 4) is 0 Å². The SMILES string of the molecule is O=C(NCc1nn(Cc2ccccn2)c(=O)c2ccccc12)Nc1cccc(Cl)c1. The first kappa shape index (κ1) is 19.6. The van der Waals surface area contributed by atoms with Crippen LogP contribution < -0.4 is 16.2 Å². The predicted molar refractivity (Wildman–Crippen MR) is 117 cm³/mol. The van der Waals surface area contributed by atoms with E-state index in [4.69, 9.17) is 11.6 Å². The van der Waals surface area contributed by atoms with Gasteiger partial charge in [-0.1, -0.05) is 41.9 Å². The number of carbonyl (C=O) groups is 1. The maximum atomic E-state index is 12.9. The zero-order chi connectivity index (χ0) is 20.9. The van der Waals surface area contributed by atoms with E-state index in [1.807, 2.05) is 30.3 Å². The number of pyridine rings is 1. The molecule has 0 aliphatic heterocycles. The summed E-state index contributed by atoms with van der Waals surface area (Å²) in [5, 5.41) is 11.8. The predicted octanol–water partition coefficient (Wildman–Crippen LogP) is 3.81. The van der Waals surface area contributed by atoms with Crippen LogP contribution >= 0.6 is 11.6 Å². The Morgan fingerprint density at radius 3 is 2.57 bits per heavy atom. The monoisotopic (exact) mass is 419 g/mol. The summed E-state index contributed by atoms with van der Waals surface area (Å²) in [5.74, 6) is 0. The molecule has 0 radical (unpaired) electrons. The maximum Gasteiger partial charge on any atom is 0.319 e. The molecule has 8 heteroatoms. The van der Waals surface area contributed by atoms with Gasteiger partial charge < -0.3 is 10.6 Å². The van der Waals surface area contributed by atoms with E-state index in [1.165, 1.54) is 4.68 Å². The Morgan fingerprint density at radius 1 is 1.00 bits per heavy atom. The summed E-state index contributed by atoms with van der Waals surface area (Å²) in [5.41, 5.74) is 1.68. The van der Waals surface area contributed by atoms with Crippen molar-refractivity contribution in [1.29, 1.82) is 0 Å². The number of carbonyl (C=O) groups excluding carboxylic acids is 1. The Balaban J connectivity index is 1.59. The summed E-state index contributed by atoms with van der Waals surface area (Å²) in [7, 11) is 0. The molecule has 0 fully saturated rings. The van der Waals surface area contributed by atoms with Gasteiger partial charge in [-0.05, 0) is 36.4 Å². The summed E-state index contributed by atoms with van der Waals surface area (Å²) < 4.78 is 1.37.